The monoisotopic (exact) mass is 312 g/mol. The van der Waals surface area contributed by atoms with Crippen LogP contribution in [-0.2, 0) is 4.79 Å². The standard InChI is InChI=1S/C18H20N2O3/c1-2-12(13-6-4-3-5-7-13)8-18(21)20-15-10-17-16(9-14(15)19)22-11-23-17/h3-7,9-10,12H,2,8,11,19H2,1H3,(H,20,21). The van der Waals surface area contributed by atoms with Crippen LogP contribution in [0.1, 0.15) is 31.2 Å². The minimum absolute atomic E-state index is 0.0636. The molecule has 1 amide bonds. The first kappa shape index (κ1) is 15.2. The normalized spacial score (nSPS) is 13.6. The zero-order valence-corrected chi connectivity index (χ0v) is 13.0. The van der Waals surface area contributed by atoms with Crippen molar-refractivity contribution in [2.45, 2.75) is 25.7 Å². The molecule has 0 aromatic heterocycles. The Hall–Kier alpha value is -2.69. The lowest BCUT2D eigenvalue weighted by Gasteiger charge is -2.16. The number of hydrogen-bond donors (Lipinski definition) is 2. The summed E-state index contributed by atoms with van der Waals surface area (Å²) in [7, 11) is 0. The van der Waals surface area contributed by atoms with E-state index in [0.717, 1.165) is 6.42 Å². The van der Waals surface area contributed by atoms with Crippen LogP contribution < -0.4 is 20.5 Å². The number of rotatable bonds is 5. The van der Waals surface area contributed by atoms with E-state index in [0.29, 0.717) is 29.3 Å². The van der Waals surface area contributed by atoms with Gasteiger partial charge < -0.3 is 20.5 Å². The number of fused-ring (bicyclic) bond motifs is 1. The zero-order valence-electron chi connectivity index (χ0n) is 13.0. The smallest absolute Gasteiger partial charge is 0.231 e. The van der Waals surface area contributed by atoms with E-state index in [1.165, 1.54) is 5.56 Å². The molecule has 2 aromatic rings. The van der Waals surface area contributed by atoms with E-state index in [1.807, 2.05) is 18.2 Å². The highest BCUT2D eigenvalue weighted by Gasteiger charge is 2.19. The van der Waals surface area contributed by atoms with E-state index in [1.54, 1.807) is 12.1 Å². The molecule has 1 heterocycles. The summed E-state index contributed by atoms with van der Waals surface area (Å²) in [6, 6.07) is 13.4. The SMILES string of the molecule is CCC(CC(=O)Nc1cc2c(cc1N)OCO2)c1ccccc1. The van der Waals surface area contributed by atoms with Gasteiger partial charge in [0, 0.05) is 18.6 Å². The second-order valence-electron chi connectivity index (χ2n) is 5.56. The summed E-state index contributed by atoms with van der Waals surface area (Å²) in [6.07, 6.45) is 1.31. The first-order valence-corrected chi connectivity index (χ1v) is 7.71. The molecule has 0 saturated carbocycles. The van der Waals surface area contributed by atoms with Crippen molar-refractivity contribution in [1.29, 1.82) is 0 Å². The van der Waals surface area contributed by atoms with Crippen LogP contribution in [0.3, 0.4) is 0 Å². The first-order chi connectivity index (χ1) is 11.2. The Morgan fingerprint density at radius 2 is 1.91 bits per heavy atom. The van der Waals surface area contributed by atoms with Gasteiger partial charge in [-0.15, -0.1) is 0 Å². The van der Waals surface area contributed by atoms with Crippen molar-refractivity contribution >= 4 is 17.3 Å². The lowest BCUT2D eigenvalue weighted by molar-refractivity contribution is -0.116. The van der Waals surface area contributed by atoms with E-state index in [4.69, 9.17) is 15.2 Å². The third-order valence-corrected chi connectivity index (χ3v) is 4.01. The first-order valence-electron chi connectivity index (χ1n) is 7.71. The Kier molecular flexibility index (Phi) is 4.37. The van der Waals surface area contributed by atoms with Crippen molar-refractivity contribution in [2.24, 2.45) is 0 Å². The number of benzene rings is 2. The van der Waals surface area contributed by atoms with Crippen molar-refractivity contribution in [2.75, 3.05) is 17.8 Å². The lowest BCUT2D eigenvalue weighted by Crippen LogP contribution is -2.16. The van der Waals surface area contributed by atoms with E-state index >= 15 is 0 Å². The fraction of sp³-hybridized carbons (Fsp3) is 0.278. The van der Waals surface area contributed by atoms with Gasteiger partial charge in [0.1, 0.15) is 0 Å². The molecule has 1 atom stereocenters. The highest BCUT2D eigenvalue weighted by molar-refractivity contribution is 5.95. The fourth-order valence-electron chi connectivity index (χ4n) is 2.71. The Labute approximate surface area is 135 Å². The molecule has 2 aromatic carbocycles. The van der Waals surface area contributed by atoms with Crippen LogP contribution in [0, 0.1) is 0 Å². The molecule has 0 saturated heterocycles. The maximum atomic E-state index is 12.4. The Morgan fingerprint density at radius 3 is 2.61 bits per heavy atom. The zero-order chi connectivity index (χ0) is 16.2. The molecule has 0 fully saturated rings. The van der Waals surface area contributed by atoms with Crippen molar-refractivity contribution in [3.63, 3.8) is 0 Å². The van der Waals surface area contributed by atoms with E-state index in [9.17, 15) is 4.79 Å². The summed E-state index contributed by atoms with van der Waals surface area (Å²) >= 11 is 0. The average Bonchev–Trinajstić information content (AvgIpc) is 3.01. The molecule has 0 radical (unpaired) electrons. The van der Waals surface area contributed by atoms with Crippen LogP contribution in [0.25, 0.3) is 0 Å². The molecule has 0 spiro atoms. The summed E-state index contributed by atoms with van der Waals surface area (Å²) in [5.41, 5.74) is 8.16. The number of carbonyl (C=O) groups is 1. The molecule has 3 rings (SSSR count). The van der Waals surface area contributed by atoms with Gasteiger partial charge in [-0.2, -0.15) is 0 Å². The Morgan fingerprint density at radius 1 is 1.22 bits per heavy atom. The molecular formula is C18H20N2O3. The van der Waals surface area contributed by atoms with Crippen molar-refractivity contribution in [3.05, 3.63) is 48.0 Å². The van der Waals surface area contributed by atoms with E-state index < -0.39 is 0 Å². The summed E-state index contributed by atoms with van der Waals surface area (Å²) in [5, 5.41) is 2.87. The van der Waals surface area contributed by atoms with Crippen LogP contribution in [0.15, 0.2) is 42.5 Å². The maximum absolute atomic E-state index is 12.4. The quantitative estimate of drug-likeness (QED) is 0.828. The van der Waals surface area contributed by atoms with Crippen LogP contribution in [0.5, 0.6) is 11.5 Å². The summed E-state index contributed by atoms with van der Waals surface area (Å²) in [4.78, 5) is 12.4. The minimum atomic E-state index is -0.0636. The molecule has 0 aliphatic carbocycles. The van der Waals surface area contributed by atoms with Gasteiger partial charge in [0.05, 0.1) is 11.4 Å². The highest BCUT2D eigenvalue weighted by Crippen LogP contribution is 2.38. The van der Waals surface area contributed by atoms with Crippen molar-refractivity contribution in [1.82, 2.24) is 0 Å². The van der Waals surface area contributed by atoms with Gasteiger partial charge in [-0.25, -0.2) is 0 Å². The van der Waals surface area contributed by atoms with Gasteiger partial charge in [-0.1, -0.05) is 37.3 Å². The van der Waals surface area contributed by atoms with Crippen LogP contribution in [0.4, 0.5) is 11.4 Å². The molecule has 5 nitrogen and oxygen atoms in total. The third kappa shape index (κ3) is 3.39. The van der Waals surface area contributed by atoms with E-state index in [2.05, 4.69) is 24.4 Å². The number of nitrogens with two attached hydrogens (primary N) is 1. The summed E-state index contributed by atoms with van der Waals surface area (Å²) in [6.45, 7) is 2.26. The van der Waals surface area contributed by atoms with Gasteiger partial charge in [0.15, 0.2) is 11.5 Å². The predicted molar refractivity (Wildman–Crippen MR) is 89.7 cm³/mol. The molecular weight excluding hydrogens is 292 g/mol. The second kappa shape index (κ2) is 6.60. The van der Waals surface area contributed by atoms with Gasteiger partial charge in [0.2, 0.25) is 12.7 Å². The predicted octanol–water partition coefficient (Wildman–Crippen LogP) is 3.52. The van der Waals surface area contributed by atoms with Crippen molar-refractivity contribution in [3.8, 4) is 11.5 Å². The fourth-order valence-corrected chi connectivity index (χ4v) is 2.71. The number of ether oxygens (including phenoxy) is 2. The number of carbonyl (C=O) groups excluding carboxylic acids is 1. The number of anilines is 2. The Balaban J connectivity index is 1.70. The van der Waals surface area contributed by atoms with Gasteiger partial charge in [0.25, 0.3) is 0 Å². The summed E-state index contributed by atoms with van der Waals surface area (Å²) < 4.78 is 10.6. The molecule has 0 bridgehead atoms. The highest BCUT2D eigenvalue weighted by atomic mass is 16.7. The van der Waals surface area contributed by atoms with E-state index in [-0.39, 0.29) is 18.6 Å². The largest absolute Gasteiger partial charge is 0.454 e. The van der Waals surface area contributed by atoms with Crippen LogP contribution in [-0.4, -0.2) is 12.7 Å². The van der Waals surface area contributed by atoms with Crippen LogP contribution >= 0.6 is 0 Å². The van der Waals surface area contributed by atoms with Gasteiger partial charge >= 0.3 is 0 Å². The molecule has 1 aliphatic heterocycles. The molecule has 1 aliphatic rings. The minimum Gasteiger partial charge on any atom is -0.454 e. The lowest BCUT2D eigenvalue weighted by atomic mass is 9.93. The summed E-state index contributed by atoms with van der Waals surface area (Å²) in [5.74, 6) is 1.33. The number of amides is 1. The Bertz CT molecular complexity index is 701. The van der Waals surface area contributed by atoms with Gasteiger partial charge in [-0.3, -0.25) is 4.79 Å². The molecule has 5 heteroatoms. The molecule has 23 heavy (non-hydrogen) atoms. The molecule has 3 N–H and O–H groups in total. The molecule has 1 unspecified atom stereocenters. The topological polar surface area (TPSA) is 73.6 Å². The molecule has 120 valence electrons. The number of nitrogen functional groups attached to an aromatic ring is 1. The second-order valence-corrected chi connectivity index (χ2v) is 5.56. The number of nitrogens with one attached hydrogen (secondary N) is 1. The third-order valence-electron chi connectivity index (χ3n) is 4.01. The van der Waals surface area contributed by atoms with Crippen molar-refractivity contribution < 1.29 is 14.3 Å². The van der Waals surface area contributed by atoms with Crippen LogP contribution in [0.2, 0.25) is 0 Å². The average molecular weight is 312 g/mol. The van der Waals surface area contributed by atoms with Gasteiger partial charge in [-0.05, 0) is 17.9 Å². The number of hydrogen-bond acceptors (Lipinski definition) is 4. The maximum Gasteiger partial charge on any atom is 0.231 e.